The van der Waals surface area contributed by atoms with Gasteiger partial charge in [-0.2, -0.15) is 0 Å². The monoisotopic (exact) mass is 624 g/mol. The van der Waals surface area contributed by atoms with E-state index in [9.17, 15) is 4.79 Å². The lowest BCUT2D eigenvalue weighted by Crippen LogP contribution is -2.23. The molecule has 1 aliphatic heterocycles. The number of likely N-dealkylation sites (N-methyl/N-ethyl adjacent to an activating group) is 1. The molecule has 2 aromatic carbocycles. The van der Waals surface area contributed by atoms with Crippen molar-refractivity contribution in [2.45, 2.75) is 6.61 Å². The number of aliphatic imine (C=N–C) groups is 1. The molecule has 1 heterocycles. The Morgan fingerprint density at radius 2 is 1.93 bits per heavy atom. The normalized spacial score (nSPS) is 17.2. The summed E-state index contributed by atoms with van der Waals surface area (Å²) < 4.78 is 7.97. The van der Waals surface area contributed by atoms with Crippen molar-refractivity contribution in [2.75, 3.05) is 14.1 Å². The second kappa shape index (κ2) is 9.15. The highest BCUT2D eigenvalue weighted by molar-refractivity contribution is 14.1. The van der Waals surface area contributed by atoms with E-state index in [-0.39, 0.29) is 5.91 Å². The Morgan fingerprint density at radius 3 is 2.52 bits per heavy atom. The molecule has 1 saturated heterocycles. The Labute approximate surface area is 194 Å². The quantitative estimate of drug-likeness (QED) is 0.326. The molecular formula is C19H15ClI2N2O2S. The van der Waals surface area contributed by atoms with Crippen LogP contribution in [0, 0.1) is 7.14 Å². The molecule has 0 N–H and O–H groups in total. The molecule has 0 atom stereocenters. The fraction of sp³-hybridized carbons (Fsp3) is 0.158. The number of amides is 1. The van der Waals surface area contributed by atoms with Gasteiger partial charge >= 0.3 is 0 Å². The van der Waals surface area contributed by atoms with Gasteiger partial charge in [0.1, 0.15) is 12.4 Å². The number of amidine groups is 1. The molecule has 1 fully saturated rings. The Kier molecular flexibility index (Phi) is 7.09. The third-order valence-corrected chi connectivity index (χ3v) is 6.97. The molecule has 8 heteroatoms. The van der Waals surface area contributed by atoms with Crippen molar-refractivity contribution in [2.24, 2.45) is 4.99 Å². The first-order valence-corrected chi connectivity index (χ1v) is 11.3. The van der Waals surface area contributed by atoms with Gasteiger partial charge in [-0.1, -0.05) is 29.8 Å². The summed E-state index contributed by atoms with van der Waals surface area (Å²) in [6.45, 7) is 0.404. The van der Waals surface area contributed by atoms with Crippen LogP contribution in [0.25, 0.3) is 6.08 Å². The van der Waals surface area contributed by atoms with Crippen molar-refractivity contribution in [3.8, 4) is 5.75 Å². The van der Waals surface area contributed by atoms with Gasteiger partial charge in [-0.05, 0) is 86.8 Å². The van der Waals surface area contributed by atoms with Crippen LogP contribution in [-0.4, -0.2) is 30.1 Å². The maximum atomic E-state index is 12.3. The van der Waals surface area contributed by atoms with Gasteiger partial charge in [-0.25, -0.2) is 0 Å². The number of nitrogens with zero attached hydrogens (tertiary/aromatic N) is 2. The highest BCUT2D eigenvalue weighted by Gasteiger charge is 2.29. The van der Waals surface area contributed by atoms with E-state index in [0.29, 0.717) is 21.7 Å². The van der Waals surface area contributed by atoms with Gasteiger partial charge in [-0.15, -0.1) is 0 Å². The first kappa shape index (κ1) is 20.9. The lowest BCUT2D eigenvalue weighted by Gasteiger charge is -2.12. The number of hydrogen-bond acceptors (Lipinski definition) is 4. The minimum Gasteiger partial charge on any atom is -0.487 e. The van der Waals surface area contributed by atoms with Gasteiger partial charge in [0.15, 0.2) is 5.17 Å². The SMILES string of the molecule is CN=C1S/C(=C/c2cc(I)c(OCc3ccccc3Cl)c(I)c2)C(=O)N1C. The lowest BCUT2D eigenvalue weighted by atomic mass is 10.2. The molecule has 140 valence electrons. The van der Waals surface area contributed by atoms with Crippen LogP contribution in [-0.2, 0) is 11.4 Å². The highest BCUT2D eigenvalue weighted by Crippen LogP contribution is 2.34. The molecule has 0 saturated carbocycles. The standard InChI is InChI=1S/C19H15ClI2N2O2S/c1-23-19-24(2)18(25)16(27-19)9-11-7-14(21)17(15(22)8-11)26-10-12-5-3-4-6-13(12)20/h3-9H,10H2,1-2H3/b16-9+,23-19?. The van der Waals surface area contributed by atoms with E-state index in [2.05, 4.69) is 50.2 Å². The minimum atomic E-state index is -0.0373. The summed E-state index contributed by atoms with van der Waals surface area (Å²) in [5.74, 6) is 0.779. The number of hydrogen-bond donors (Lipinski definition) is 0. The third kappa shape index (κ3) is 4.80. The van der Waals surface area contributed by atoms with Crippen LogP contribution < -0.4 is 4.74 Å². The average Bonchev–Trinajstić information content (AvgIpc) is 2.90. The number of rotatable bonds is 4. The van der Waals surface area contributed by atoms with Gasteiger partial charge in [-0.3, -0.25) is 14.7 Å². The summed E-state index contributed by atoms with van der Waals surface area (Å²) in [7, 11) is 3.42. The molecule has 3 rings (SSSR count). The number of ether oxygens (including phenoxy) is 1. The van der Waals surface area contributed by atoms with E-state index in [1.54, 1.807) is 19.0 Å². The summed E-state index contributed by atoms with van der Waals surface area (Å²) >= 11 is 12.1. The van der Waals surface area contributed by atoms with Crippen LogP contribution in [0.15, 0.2) is 46.3 Å². The highest BCUT2D eigenvalue weighted by atomic mass is 127. The smallest absolute Gasteiger partial charge is 0.266 e. The molecular weight excluding hydrogens is 610 g/mol. The van der Waals surface area contributed by atoms with Crippen LogP contribution in [0.4, 0.5) is 0 Å². The zero-order valence-electron chi connectivity index (χ0n) is 14.5. The zero-order chi connectivity index (χ0) is 19.6. The van der Waals surface area contributed by atoms with Gasteiger partial charge in [0.05, 0.1) is 12.0 Å². The number of carbonyl (C=O) groups excluding carboxylic acids is 1. The second-order valence-electron chi connectivity index (χ2n) is 5.67. The van der Waals surface area contributed by atoms with E-state index >= 15 is 0 Å². The van der Waals surface area contributed by atoms with E-state index in [1.807, 2.05) is 42.5 Å². The third-order valence-electron chi connectivity index (χ3n) is 3.84. The lowest BCUT2D eigenvalue weighted by molar-refractivity contribution is -0.121. The van der Waals surface area contributed by atoms with Crippen molar-refractivity contribution in [1.29, 1.82) is 0 Å². The van der Waals surface area contributed by atoms with E-state index in [1.165, 1.54) is 11.8 Å². The van der Waals surface area contributed by atoms with Crippen molar-refractivity contribution < 1.29 is 9.53 Å². The molecule has 27 heavy (non-hydrogen) atoms. The molecule has 0 unspecified atom stereocenters. The molecule has 1 amide bonds. The van der Waals surface area contributed by atoms with Gasteiger partial charge in [0, 0.05) is 24.7 Å². The molecule has 2 aromatic rings. The molecule has 0 aliphatic carbocycles. The topological polar surface area (TPSA) is 41.9 Å². The fourth-order valence-corrected chi connectivity index (χ4v) is 5.71. The van der Waals surface area contributed by atoms with Crippen molar-refractivity contribution >= 4 is 85.7 Å². The van der Waals surface area contributed by atoms with E-state index in [4.69, 9.17) is 16.3 Å². The first-order chi connectivity index (χ1) is 12.9. The maximum absolute atomic E-state index is 12.3. The molecule has 0 radical (unpaired) electrons. The summed E-state index contributed by atoms with van der Waals surface area (Å²) in [4.78, 5) is 18.7. The Hall–Kier alpha value is -0.780. The Morgan fingerprint density at radius 1 is 1.26 bits per heavy atom. The number of thioether (sulfide) groups is 1. The Balaban J connectivity index is 1.82. The molecule has 4 nitrogen and oxygen atoms in total. The summed E-state index contributed by atoms with van der Waals surface area (Å²) in [5, 5.41) is 1.40. The second-order valence-corrected chi connectivity index (χ2v) is 9.42. The van der Waals surface area contributed by atoms with Gasteiger partial charge in [0.2, 0.25) is 0 Å². The largest absolute Gasteiger partial charge is 0.487 e. The van der Waals surface area contributed by atoms with E-state index in [0.717, 1.165) is 24.0 Å². The number of halogens is 3. The van der Waals surface area contributed by atoms with Gasteiger partial charge < -0.3 is 4.74 Å². The van der Waals surface area contributed by atoms with Crippen LogP contribution in [0.5, 0.6) is 5.75 Å². The van der Waals surface area contributed by atoms with Crippen LogP contribution >= 0.6 is 68.5 Å². The molecule has 0 bridgehead atoms. The average molecular weight is 625 g/mol. The van der Waals surface area contributed by atoms with E-state index < -0.39 is 0 Å². The fourth-order valence-electron chi connectivity index (χ4n) is 2.47. The summed E-state index contributed by atoms with van der Waals surface area (Å²) in [6.07, 6.45) is 1.89. The summed E-state index contributed by atoms with van der Waals surface area (Å²) in [5.41, 5.74) is 1.90. The zero-order valence-corrected chi connectivity index (χ0v) is 20.4. The minimum absolute atomic E-state index is 0.0373. The molecule has 0 aromatic heterocycles. The predicted molar refractivity (Wildman–Crippen MR) is 129 cm³/mol. The first-order valence-electron chi connectivity index (χ1n) is 7.90. The van der Waals surface area contributed by atoms with Crippen molar-refractivity contribution in [1.82, 2.24) is 4.90 Å². The van der Waals surface area contributed by atoms with Gasteiger partial charge in [0.25, 0.3) is 5.91 Å². The van der Waals surface area contributed by atoms with Crippen LogP contribution in [0.1, 0.15) is 11.1 Å². The van der Waals surface area contributed by atoms with Crippen molar-refractivity contribution in [3.63, 3.8) is 0 Å². The van der Waals surface area contributed by atoms with Crippen LogP contribution in [0.2, 0.25) is 5.02 Å². The maximum Gasteiger partial charge on any atom is 0.266 e. The van der Waals surface area contributed by atoms with Crippen LogP contribution in [0.3, 0.4) is 0 Å². The Bertz CT molecular complexity index is 939. The molecule has 1 aliphatic rings. The number of benzene rings is 2. The molecule has 0 spiro atoms. The predicted octanol–water partition coefficient (Wildman–Crippen LogP) is 5.66. The number of carbonyl (C=O) groups is 1. The van der Waals surface area contributed by atoms with Crippen molar-refractivity contribution in [3.05, 3.63) is 64.6 Å². The summed E-state index contributed by atoms with van der Waals surface area (Å²) in [6, 6.07) is 11.7.